The maximum atomic E-state index is 11.1. The molecule has 0 atom stereocenters. The average Bonchev–Trinajstić information content (AvgIpc) is 2.66. The van der Waals surface area contributed by atoms with Crippen LogP contribution in [0.4, 0.5) is 5.95 Å². The molecular formula is C21H20ClN3O2S. The molecular weight excluding hydrogens is 394 g/mol. The largest absolute Gasteiger partial charge is 0.478 e. The van der Waals surface area contributed by atoms with Gasteiger partial charge in [-0.2, -0.15) is 0 Å². The van der Waals surface area contributed by atoms with E-state index < -0.39 is 5.97 Å². The van der Waals surface area contributed by atoms with Crippen molar-refractivity contribution in [1.29, 1.82) is 0 Å². The number of carbonyl (C=O) groups is 1. The zero-order valence-electron chi connectivity index (χ0n) is 15.7. The summed E-state index contributed by atoms with van der Waals surface area (Å²) >= 11 is 7.49. The Morgan fingerprint density at radius 2 is 1.89 bits per heavy atom. The molecule has 28 heavy (non-hydrogen) atoms. The summed E-state index contributed by atoms with van der Waals surface area (Å²) in [5.41, 5.74) is 4.35. The molecule has 0 unspecified atom stereocenters. The quantitative estimate of drug-likeness (QED) is 0.378. The van der Waals surface area contributed by atoms with Crippen molar-refractivity contribution in [2.75, 3.05) is 4.72 Å². The number of nitrogens with one attached hydrogen (secondary N) is 1. The summed E-state index contributed by atoms with van der Waals surface area (Å²) in [5, 5.41) is 9.46. The number of hydrogen-bond acceptors (Lipinski definition) is 5. The van der Waals surface area contributed by atoms with E-state index in [1.165, 1.54) is 17.5 Å². The van der Waals surface area contributed by atoms with Gasteiger partial charge in [0, 0.05) is 16.5 Å². The molecule has 3 aromatic rings. The van der Waals surface area contributed by atoms with Crippen LogP contribution in [0.15, 0.2) is 53.4 Å². The van der Waals surface area contributed by atoms with Gasteiger partial charge in [-0.25, -0.2) is 14.8 Å². The summed E-state index contributed by atoms with van der Waals surface area (Å²) in [6.45, 7) is 6.34. The van der Waals surface area contributed by atoms with Gasteiger partial charge in [0.05, 0.1) is 11.3 Å². The maximum absolute atomic E-state index is 11.1. The number of aromatic carboxylic acids is 1. The number of aryl methyl sites for hydroxylation is 1. The van der Waals surface area contributed by atoms with Crippen LogP contribution < -0.4 is 4.72 Å². The fourth-order valence-electron chi connectivity index (χ4n) is 2.91. The third-order valence-corrected chi connectivity index (χ3v) is 5.19. The predicted octanol–water partition coefficient (Wildman–Crippen LogP) is 6.05. The van der Waals surface area contributed by atoms with Crippen molar-refractivity contribution in [3.05, 3.63) is 70.4 Å². The molecule has 0 saturated carbocycles. The van der Waals surface area contributed by atoms with Gasteiger partial charge in [0.15, 0.2) is 0 Å². The van der Waals surface area contributed by atoms with Crippen molar-refractivity contribution in [2.24, 2.45) is 0 Å². The Hall–Kier alpha value is -2.57. The van der Waals surface area contributed by atoms with Gasteiger partial charge in [0.25, 0.3) is 0 Å². The lowest BCUT2D eigenvalue weighted by atomic mass is 9.92. The fraction of sp³-hybridized carbons (Fsp3) is 0.190. The van der Waals surface area contributed by atoms with Crippen LogP contribution in [0, 0.1) is 6.92 Å². The number of rotatable bonds is 6. The Morgan fingerprint density at radius 1 is 1.14 bits per heavy atom. The summed E-state index contributed by atoms with van der Waals surface area (Å²) in [6, 6.07) is 14.6. The van der Waals surface area contributed by atoms with Crippen molar-refractivity contribution >= 4 is 35.5 Å². The van der Waals surface area contributed by atoms with Crippen LogP contribution in [0.2, 0.25) is 5.15 Å². The smallest absolute Gasteiger partial charge is 0.335 e. The molecule has 0 saturated heterocycles. The number of benzene rings is 2. The number of anilines is 1. The highest BCUT2D eigenvalue weighted by Crippen LogP contribution is 2.33. The lowest BCUT2D eigenvalue weighted by molar-refractivity contribution is 0.0696. The number of carboxylic acids is 1. The molecule has 3 rings (SSSR count). The van der Waals surface area contributed by atoms with Crippen LogP contribution in [0.5, 0.6) is 0 Å². The molecule has 0 aliphatic carbocycles. The molecule has 2 aromatic carbocycles. The summed E-state index contributed by atoms with van der Waals surface area (Å²) in [7, 11) is 0. The van der Waals surface area contributed by atoms with Crippen molar-refractivity contribution in [3.8, 4) is 11.3 Å². The lowest BCUT2D eigenvalue weighted by Crippen LogP contribution is -2.01. The SMILES string of the molecule is Cc1cccc(C(C)C)c1-c1cc(Cl)nc(NSc2cccc(C(=O)O)c2)n1. The molecule has 2 N–H and O–H groups in total. The van der Waals surface area contributed by atoms with Crippen LogP contribution >= 0.6 is 23.5 Å². The van der Waals surface area contributed by atoms with Crippen molar-refractivity contribution in [1.82, 2.24) is 9.97 Å². The second kappa shape index (κ2) is 8.63. The second-order valence-electron chi connectivity index (χ2n) is 6.63. The van der Waals surface area contributed by atoms with Crippen LogP contribution in [-0.2, 0) is 0 Å². The minimum Gasteiger partial charge on any atom is -0.478 e. The van der Waals surface area contributed by atoms with Crippen molar-refractivity contribution < 1.29 is 9.90 Å². The summed E-state index contributed by atoms with van der Waals surface area (Å²) in [6.07, 6.45) is 0. The highest BCUT2D eigenvalue weighted by molar-refractivity contribution is 8.00. The van der Waals surface area contributed by atoms with E-state index in [0.717, 1.165) is 21.7 Å². The molecule has 0 bridgehead atoms. The minimum absolute atomic E-state index is 0.223. The van der Waals surface area contributed by atoms with E-state index in [2.05, 4.69) is 47.6 Å². The average molecular weight is 414 g/mol. The van der Waals surface area contributed by atoms with E-state index in [1.54, 1.807) is 24.3 Å². The van der Waals surface area contributed by atoms with Gasteiger partial charge in [0.1, 0.15) is 5.15 Å². The first-order valence-corrected chi connectivity index (χ1v) is 9.95. The fourth-order valence-corrected chi connectivity index (χ4v) is 3.73. The van der Waals surface area contributed by atoms with E-state index in [1.807, 2.05) is 12.1 Å². The van der Waals surface area contributed by atoms with Gasteiger partial charge < -0.3 is 5.11 Å². The van der Waals surface area contributed by atoms with Gasteiger partial charge in [0.2, 0.25) is 5.95 Å². The van der Waals surface area contributed by atoms with Crippen LogP contribution in [0.3, 0.4) is 0 Å². The number of nitrogens with zero attached hydrogens (tertiary/aromatic N) is 2. The molecule has 144 valence electrons. The monoisotopic (exact) mass is 413 g/mol. The van der Waals surface area contributed by atoms with Gasteiger partial charge >= 0.3 is 5.97 Å². The van der Waals surface area contributed by atoms with Gasteiger partial charge in [-0.1, -0.05) is 49.7 Å². The zero-order valence-corrected chi connectivity index (χ0v) is 17.3. The van der Waals surface area contributed by atoms with E-state index in [-0.39, 0.29) is 5.56 Å². The molecule has 1 aromatic heterocycles. The first-order chi connectivity index (χ1) is 13.3. The van der Waals surface area contributed by atoms with Crippen LogP contribution in [-0.4, -0.2) is 21.0 Å². The topological polar surface area (TPSA) is 75.1 Å². The maximum Gasteiger partial charge on any atom is 0.335 e. The summed E-state index contributed by atoms with van der Waals surface area (Å²) < 4.78 is 3.06. The molecule has 7 heteroatoms. The Bertz CT molecular complexity index is 1020. The third-order valence-electron chi connectivity index (χ3n) is 4.22. The summed E-state index contributed by atoms with van der Waals surface area (Å²) in [5.74, 6) is -0.260. The van der Waals surface area contributed by atoms with Crippen molar-refractivity contribution in [3.63, 3.8) is 0 Å². The molecule has 0 spiro atoms. The van der Waals surface area contributed by atoms with Gasteiger partial charge in [-0.3, -0.25) is 4.72 Å². The zero-order chi connectivity index (χ0) is 20.3. The number of hydrogen-bond donors (Lipinski definition) is 2. The lowest BCUT2D eigenvalue weighted by Gasteiger charge is -2.16. The van der Waals surface area contributed by atoms with Gasteiger partial charge in [-0.15, -0.1) is 0 Å². The third kappa shape index (κ3) is 4.64. The first kappa shape index (κ1) is 20.2. The Balaban J connectivity index is 1.91. The highest BCUT2D eigenvalue weighted by Gasteiger charge is 2.15. The molecule has 0 aliphatic heterocycles. The first-order valence-electron chi connectivity index (χ1n) is 8.76. The van der Waals surface area contributed by atoms with E-state index >= 15 is 0 Å². The predicted molar refractivity (Wildman–Crippen MR) is 114 cm³/mol. The van der Waals surface area contributed by atoms with Crippen LogP contribution in [0.1, 0.15) is 41.3 Å². The Labute approximate surface area is 173 Å². The number of aromatic nitrogens is 2. The Kier molecular flexibility index (Phi) is 6.21. The van der Waals surface area contributed by atoms with Gasteiger partial charge in [-0.05, 0) is 54.1 Å². The van der Waals surface area contributed by atoms with E-state index in [9.17, 15) is 4.79 Å². The number of carboxylic acid groups (broad SMARTS) is 1. The molecule has 0 amide bonds. The van der Waals surface area contributed by atoms with E-state index in [4.69, 9.17) is 16.7 Å². The highest BCUT2D eigenvalue weighted by atomic mass is 35.5. The minimum atomic E-state index is -0.968. The molecule has 0 fully saturated rings. The summed E-state index contributed by atoms with van der Waals surface area (Å²) in [4.78, 5) is 20.7. The normalized spacial score (nSPS) is 10.9. The van der Waals surface area contributed by atoms with E-state index in [0.29, 0.717) is 17.0 Å². The molecule has 0 radical (unpaired) electrons. The molecule has 5 nitrogen and oxygen atoms in total. The van der Waals surface area contributed by atoms with Crippen molar-refractivity contribution in [2.45, 2.75) is 31.6 Å². The molecule has 1 heterocycles. The number of halogens is 1. The second-order valence-corrected chi connectivity index (χ2v) is 7.90. The molecule has 0 aliphatic rings. The van der Waals surface area contributed by atoms with Crippen LogP contribution in [0.25, 0.3) is 11.3 Å². The Morgan fingerprint density at radius 3 is 2.61 bits per heavy atom. The standard InChI is InChI=1S/C21H20ClN3O2S/c1-12(2)16-9-4-6-13(3)19(16)17-11-18(22)24-21(23-17)25-28-15-8-5-7-14(10-15)20(26)27/h4-12H,1-3H3,(H,26,27)(H,23,24,25).